The zero-order valence-electron chi connectivity index (χ0n) is 12.5. The number of benzene rings is 1. The van der Waals surface area contributed by atoms with Crippen molar-refractivity contribution < 1.29 is 4.74 Å². The normalized spacial score (nSPS) is 14.2. The van der Waals surface area contributed by atoms with E-state index in [2.05, 4.69) is 39.1 Å². The van der Waals surface area contributed by atoms with Crippen molar-refractivity contribution in [1.82, 2.24) is 5.32 Å². The molecule has 0 saturated heterocycles. The third kappa shape index (κ3) is 5.42. The average molecular weight is 284 g/mol. The molecule has 108 valence electrons. The molecule has 3 heteroatoms. The van der Waals surface area contributed by atoms with E-state index in [1.54, 1.807) is 0 Å². The van der Waals surface area contributed by atoms with E-state index < -0.39 is 0 Å². The van der Waals surface area contributed by atoms with Gasteiger partial charge in [-0.2, -0.15) is 0 Å². The van der Waals surface area contributed by atoms with Gasteiger partial charge in [0.05, 0.1) is 11.1 Å². The minimum absolute atomic E-state index is 0.212. The van der Waals surface area contributed by atoms with Crippen LogP contribution in [0.25, 0.3) is 0 Å². The van der Waals surface area contributed by atoms with Crippen LogP contribution in [0.1, 0.15) is 58.6 Å². The van der Waals surface area contributed by atoms with E-state index in [9.17, 15) is 0 Å². The Hall–Kier alpha value is -0.730. The molecule has 1 aromatic rings. The number of rotatable bonds is 8. The smallest absolute Gasteiger partial charge is 0.138 e. The zero-order chi connectivity index (χ0) is 14.3. The van der Waals surface area contributed by atoms with Gasteiger partial charge >= 0.3 is 0 Å². The van der Waals surface area contributed by atoms with Crippen LogP contribution in [-0.4, -0.2) is 12.6 Å². The topological polar surface area (TPSA) is 21.3 Å². The third-order valence-electron chi connectivity index (χ3n) is 3.18. The van der Waals surface area contributed by atoms with Crippen LogP contribution in [-0.2, 0) is 0 Å². The molecule has 0 aliphatic rings. The van der Waals surface area contributed by atoms with E-state index >= 15 is 0 Å². The molecule has 0 aliphatic carbocycles. The first-order valence-electron chi connectivity index (χ1n) is 7.27. The summed E-state index contributed by atoms with van der Waals surface area (Å²) < 4.78 is 5.85. The fourth-order valence-corrected chi connectivity index (χ4v) is 2.28. The van der Waals surface area contributed by atoms with Gasteiger partial charge in [-0.15, -0.1) is 0 Å². The van der Waals surface area contributed by atoms with Gasteiger partial charge in [-0.25, -0.2) is 0 Å². The molecule has 0 spiro atoms. The summed E-state index contributed by atoms with van der Waals surface area (Å²) in [7, 11) is 0. The van der Waals surface area contributed by atoms with Crippen molar-refractivity contribution in [2.24, 2.45) is 0 Å². The van der Waals surface area contributed by atoms with Gasteiger partial charge in [0.25, 0.3) is 0 Å². The lowest BCUT2D eigenvalue weighted by molar-refractivity contribution is 0.210. The monoisotopic (exact) mass is 283 g/mol. The molecule has 2 atom stereocenters. The van der Waals surface area contributed by atoms with Gasteiger partial charge in [-0.1, -0.05) is 37.9 Å². The summed E-state index contributed by atoms with van der Waals surface area (Å²) >= 11 is 6.30. The molecule has 1 N–H and O–H groups in total. The Morgan fingerprint density at radius 3 is 2.53 bits per heavy atom. The number of nitrogens with one attached hydrogen (secondary N) is 1. The lowest BCUT2D eigenvalue weighted by Crippen LogP contribution is -2.19. The van der Waals surface area contributed by atoms with E-state index in [1.165, 1.54) is 5.56 Å². The molecule has 1 aromatic carbocycles. The highest BCUT2D eigenvalue weighted by Gasteiger charge is 2.10. The number of hydrogen-bond acceptors (Lipinski definition) is 2. The largest absolute Gasteiger partial charge is 0.489 e. The fourth-order valence-electron chi connectivity index (χ4n) is 2.04. The highest BCUT2D eigenvalue weighted by molar-refractivity contribution is 6.32. The maximum absolute atomic E-state index is 6.30. The summed E-state index contributed by atoms with van der Waals surface area (Å²) in [6.45, 7) is 9.58. The van der Waals surface area contributed by atoms with Crippen LogP contribution in [0.5, 0.6) is 5.75 Å². The molecule has 2 nitrogen and oxygen atoms in total. The molecule has 0 heterocycles. The molecule has 0 amide bonds. The molecule has 1 rings (SSSR count). The van der Waals surface area contributed by atoms with E-state index in [4.69, 9.17) is 16.3 Å². The standard InChI is InChI=1S/C16H26ClNO/c1-5-7-12(3)19-16-9-8-14(11-15(16)17)13(4)18-10-6-2/h8-9,11-13,18H,5-7,10H2,1-4H3. The summed E-state index contributed by atoms with van der Waals surface area (Å²) in [5, 5.41) is 4.16. The Kier molecular flexibility index (Phi) is 7.25. The maximum Gasteiger partial charge on any atom is 0.138 e. The van der Waals surface area contributed by atoms with Crippen molar-refractivity contribution in [3.8, 4) is 5.75 Å². The number of hydrogen-bond donors (Lipinski definition) is 1. The van der Waals surface area contributed by atoms with Crippen molar-refractivity contribution in [2.45, 2.75) is 59.1 Å². The van der Waals surface area contributed by atoms with Crippen LogP contribution in [0.3, 0.4) is 0 Å². The number of halogens is 1. The van der Waals surface area contributed by atoms with Crippen LogP contribution >= 0.6 is 11.6 Å². The molecule has 2 unspecified atom stereocenters. The summed E-state index contributed by atoms with van der Waals surface area (Å²) in [6.07, 6.45) is 3.51. The van der Waals surface area contributed by atoms with Crippen LogP contribution < -0.4 is 10.1 Å². The fraction of sp³-hybridized carbons (Fsp3) is 0.625. The summed E-state index contributed by atoms with van der Waals surface area (Å²) in [5.41, 5.74) is 1.20. The molecule has 0 bridgehead atoms. The van der Waals surface area contributed by atoms with Gasteiger partial charge in [0.2, 0.25) is 0 Å². The van der Waals surface area contributed by atoms with E-state index in [-0.39, 0.29) is 6.10 Å². The molecule has 0 aromatic heterocycles. The summed E-state index contributed by atoms with van der Waals surface area (Å²) in [4.78, 5) is 0. The predicted octanol–water partition coefficient (Wildman–Crippen LogP) is 4.97. The van der Waals surface area contributed by atoms with Crippen LogP contribution in [0, 0.1) is 0 Å². The minimum Gasteiger partial charge on any atom is -0.489 e. The Balaban J connectivity index is 2.68. The quantitative estimate of drug-likeness (QED) is 0.727. The first-order valence-corrected chi connectivity index (χ1v) is 7.65. The summed E-state index contributed by atoms with van der Waals surface area (Å²) in [5.74, 6) is 0.786. The van der Waals surface area contributed by atoms with Gasteiger partial charge < -0.3 is 10.1 Å². The molecule has 0 saturated carbocycles. The van der Waals surface area contributed by atoms with Crippen molar-refractivity contribution in [3.05, 3.63) is 28.8 Å². The van der Waals surface area contributed by atoms with Gasteiger partial charge in [0, 0.05) is 6.04 Å². The first kappa shape index (κ1) is 16.3. The molecule has 0 aliphatic heterocycles. The van der Waals surface area contributed by atoms with Gasteiger partial charge in [-0.05, 0) is 50.9 Å². The van der Waals surface area contributed by atoms with Crippen LogP contribution in [0.15, 0.2) is 18.2 Å². The SMILES string of the molecule is CCCNC(C)c1ccc(OC(C)CCC)c(Cl)c1. The Bertz CT molecular complexity index is 381. The Morgan fingerprint density at radius 1 is 1.21 bits per heavy atom. The second-order valence-electron chi connectivity index (χ2n) is 5.08. The van der Waals surface area contributed by atoms with Gasteiger partial charge in [0.1, 0.15) is 5.75 Å². The maximum atomic E-state index is 6.30. The van der Waals surface area contributed by atoms with Gasteiger partial charge in [-0.3, -0.25) is 0 Å². The highest BCUT2D eigenvalue weighted by Crippen LogP contribution is 2.29. The van der Waals surface area contributed by atoms with E-state index in [1.807, 2.05) is 12.1 Å². The van der Waals surface area contributed by atoms with Gasteiger partial charge in [0.15, 0.2) is 0 Å². The molecule has 19 heavy (non-hydrogen) atoms. The van der Waals surface area contributed by atoms with Crippen molar-refractivity contribution in [3.63, 3.8) is 0 Å². The second-order valence-corrected chi connectivity index (χ2v) is 5.49. The zero-order valence-corrected chi connectivity index (χ0v) is 13.3. The first-order chi connectivity index (χ1) is 9.08. The Labute approximate surface area is 122 Å². The van der Waals surface area contributed by atoms with E-state index in [0.29, 0.717) is 11.1 Å². The molecule has 0 fully saturated rings. The van der Waals surface area contributed by atoms with Crippen molar-refractivity contribution >= 4 is 11.6 Å². The van der Waals surface area contributed by atoms with Crippen molar-refractivity contribution in [2.75, 3.05) is 6.54 Å². The van der Waals surface area contributed by atoms with Crippen LogP contribution in [0.4, 0.5) is 0 Å². The highest BCUT2D eigenvalue weighted by atomic mass is 35.5. The summed E-state index contributed by atoms with van der Waals surface area (Å²) in [6, 6.07) is 6.39. The average Bonchev–Trinajstić information content (AvgIpc) is 2.38. The molecule has 0 radical (unpaired) electrons. The molecular weight excluding hydrogens is 258 g/mol. The van der Waals surface area contributed by atoms with E-state index in [0.717, 1.165) is 31.6 Å². The van der Waals surface area contributed by atoms with Crippen molar-refractivity contribution in [1.29, 1.82) is 0 Å². The lowest BCUT2D eigenvalue weighted by atomic mass is 10.1. The van der Waals surface area contributed by atoms with Crippen LogP contribution in [0.2, 0.25) is 5.02 Å². The minimum atomic E-state index is 0.212. The molecular formula is C16H26ClNO. The Morgan fingerprint density at radius 2 is 1.95 bits per heavy atom. The predicted molar refractivity (Wildman–Crippen MR) is 83.2 cm³/mol. The number of ether oxygens (including phenoxy) is 1. The lowest BCUT2D eigenvalue weighted by Gasteiger charge is -2.18. The second kappa shape index (κ2) is 8.44. The third-order valence-corrected chi connectivity index (χ3v) is 3.48.